The number of aryl methyl sites for hydroxylation is 1. The molecule has 0 fully saturated rings. The molecule has 0 N–H and O–H groups in total. The second kappa shape index (κ2) is 5.78. The zero-order valence-electron chi connectivity index (χ0n) is 12.4. The van der Waals surface area contributed by atoms with Gasteiger partial charge in [-0.1, -0.05) is 54.1 Å². The van der Waals surface area contributed by atoms with Gasteiger partial charge in [-0.05, 0) is 31.5 Å². The summed E-state index contributed by atoms with van der Waals surface area (Å²) in [7, 11) is 0. The van der Waals surface area contributed by atoms with Gasteiger partial charge in [-0.2, -0.15) is 5.10 Å². The van der Waals surface area contributed by atoms with E-state index in [0.717, 1.165) is 22.5 Å². The van der Waals surface area contributed by atoms with Crippen LogP contribution >= 0.6 is 11.6 Å². The van der Waals surface area contributed by atoms with Crippen molar-refractivity contribution in [2.24, 2.45) is 0 Å². The molecule has 0 amide bonds. The van der Waals surface area contributed by atoms with Crippen molar-refractivity contribution in [2.45, 2.75) is 13.8 Å². The molecular formula is C18H15ClN2O. The average molecular weight is 311 g/mol. The van der Waals surface area contributed by atoms with Crippen LogP contribution in [-0.2, 0) is 0 Å². The Balaban J connectivity index is 2.09. The summed E-state index contributed by atoms with van der Waals surface area (Å²) in [5.41, 5.74) is 4.30. The third-order valence-electron chi connectivity index (χ3n) is 3.58. The van der Waals surface area contributed by atoms with Crippen LogP contribution in [0.1, 0.15) is 23.0 Å². The Morgan fingerprint density at radius 2 is 1.68 bits per heavy atom. The van der Waals surface area contributed by atoms with Crippen LogP contribution < -0.4 is 0 Å². The largest absolute Gasteiger partial charge is 0.295 e. The molecule has 0 aliphatic carbocycles. The minimum absolute atomic E-state index is 0.0503. The minimum atomic E-state index is 0.0503. The van der Waals surface area contributed by atoms with Crippen molar-refractivity contribution in [2.75, 3.05) is 0 Å². The van der Waals surface area contributed by atoms with Gasteiger partial charge in [0, 0.05) is 11.1 Å². The summed E-state index contributed by atoms with van der Waals surface area (Å²) < 4.78 is 1.73. The topological polar surface area (TPSA) is 34.9 Å². The highest BCUT2D eigenvalue weighted by Gasteiger charge is 2.16. The third-order valence-corrected chi connectivity index (χ3v) is 3.93. The van der Waals surface area contributed by atoms with E-state index in [0.29, 0.717) is 10.7 Å². The first-order valence-corrected chi connectivity index (χ1v) is 7.37. The van der Waals surface area contributed by atoms with Crippen LogP contribution in [-0.4, -0.2) is 15.6 Å². The van der Waals surface area contributed by atoms with Crippen molar-refractivity contribution in [3.63, 3.8) is 0 Å². The normalized spacial score (nSPS) is 10.7. The van der Waals surface area contributed by atoms with Crippen molar-refractivity contribution in [3.8, 4) is 16.8 Å². The number of halogens is 1. The number of nitrogens with zero attached hydrogens (tertiary/aromatic N) is 2. The summed E-state index contributed by atoms with van der Waals surface area (Å²) in [4.78, 5) is 11.4. The number of carbonyl (C=O) groups is 1. The van der Waals surface area contributed by atoms with Gasteiger partial charge in [0.1, 0.15) is 5.15 Å². The van der Waals surface area contributed by atoms with Crippen LogP contribution in [0.4, 0.5) is 0 Å². The maximum atomic E-state index is 11.4. The standard InChI is InChI=1S/C18H15ClN2O/c1-12-17(15-10-8-14(9-11-15)13(2)22)18(19)21(20-12)16-6-4-3-5-7-16/h3-11H,1-2H3. The summed E-state index contributed by atoms with van der Waals surface area (Å²) in [5, 5.41) is 5.10. The van der Waals surface area contributed by atoms with Gasteiger partial charge in [0.05, 0.1) is 11.4 Å². The van der Waals surface area contributed by atoms with E-state index in [-0.39, 0.29) is 5.78 Å². The molecule has 4 heteroatoms. The molecule has 0 aliphatic heterocycles. The molecule has 0 atom stereocenters. The first-order valence-electron chi connectivity index (χ1n) is 7.00. The molecule has 110 valence electrons. The lowest BCUT2D eigenvalue weighted by Gasteiger charge is -2.04. The average Bonchev–Trinajstić information content (AvgIpc) is 2.83. The van der Waals surface area contributed by atoms with E-state index in [9.17, 15) is 4.79 Å². The molecule has 2 aromatic carbocycles. The summed E-state index contributed by atoms with van der Waals surface area (Å²) in [6, 6.07) is 17.2. The highest BCUT2D eigenvalue weighted by molar-refractivity contribution is 6.32. The Bertz CT molecular complexity index is 820. The van der Waals surface area contributed by atoms with E-state index in [1.54, 1.807) is 11.6 Å². The van der Waals surface area contributed by atoms with Gasteiger partial charge in [0.25, 0.3) is 0 Å². The fourth-order valence-corrected chi connectivity index (χ4v) is 2.82. The quantitative estimate of drug-likeness (QED) is 0.657. The zero-order chi connectivity index (χ0) is 15.7. The number of benzene rings is 2. The Morgan fingerprint density at radius 1 is 1.05 bits per heavy atom. The summed E-state index contributed by atoms with van der Waals surface area (Å²) >= 11 is 6.53. The van der Waals surface area contributed by atoms with E-state index in [1.807, 2.05) is 61.5 Å². The SMILES string of the molecule is CC(=O)c1ccc(-c2c(C)nn(-c3ccccc3)c2Cl)cc1. The van der Waals surface area contributed by atoms with Gasteiger partial charge in [0.2, 0.25) is 0 Å². The van der Waals surface area contributed by atoms with E-state index in [1.165, 1.54) is 0 Å². The molecule has 0 aliphatic rings. The van der Waals surface area contributed by atoms with Crippen LogP contribution in [0.3, 0.4) is 0 Å². The van der Waals surface area contributed by atoms with Crippen molar-refractivity contribution in [1.82, 2.24) is 9.78 Å². The van der Waals surface area contributed by atoms with E-state index >= 15 is 0 Å². The highest BCUT2D eigenvalue weighted by Crippen LogP contribution is 2.33. The Labute approximate surface area is 134 Å². The maximum Gasteiger partial charge on any atom is 0.159 e. The smallest absolute Gasteiger partial charge is 0.159 e. The van der Waals surface area contributed by atoms with E-state index in [2.05, 4.69) is 5.10 Å². The van der Waals surface area contributed by atoms with Crippen LogP contribution in [0.2, 0.25) is 5.15 Å². The van der Waals surface area contributed by atoms with Crippen LogP contribution in [0.25, 0.3) is 16.8 Å². The van der Waals surface area contributed by atoms with Crippen molar-refractivity contribution < 1.29 is 4.79 Å². The lowest BCUT2D eigenvalue weighted by molar-refractivity contribution is 0.101. The number of Topliss-reactive ketones (excluding diaryl/α,β-unsaturated/α-hetero) is 1. The number of hydrogen-bond donors (Lipinski definition) is 0. The molecule has 0 saturated heterocycles. The molecule has 0 radical (unpaired) electrons. The summed E-state index contributed by atoms with van der Waals surface area (Å²) in [6.07, 6.45) is 0. The number of aromatic nitrogens is 2. The fraction of sp³-hybridized carbons (Fsp3) is 0.111. The zero-order valence-corrected chi connectivity index (χ0v) is 13.1. The first-order chi connectivity index (χ1) is 10.6. The monoisotopic (exact) mass is 310 g/mol. The molecule has 0 unspecified atom stereocenters. The van der Waals surface area contributed by atoms with Gasteiger partial charge in [-0.15, -0.1) is 0 Å². The summed E-state index contributed by atoms with van der Waals surface area (Å²) in [5.74, 6) is 0.0503. The Hall–Kier alpha value is -2.39. The van der Waals surface area contributed by atoms with Crippen LogP contribution in [0.5, 0.6) is 0 Å². The van der Waals surface area contributed by atoms with Gasteiger partial charge in [0.15, 0.2) is 5.78 Å². The first kappa shape index (κ1) is 14.5. The lowest BCUT2D eigenvalue weighted by atomic mass is 10.0. The fourth-order valence-electron chi connectivity index (χ4n) is 2.44. The molecule has 1 heterocycles. The predicted molar refractivity (Wildman–Crippen MR) is 88.8 cm³/mol. The van der Waals surface area contributed by atoms with Crippen molar-refractivity contribution in [1.29, 1.82) is 0 Å². The molecule has 1 aromatic heterocycles. The van der Waals surface area contributed by atoms with Gasteiger partial charge in [-0.3, -0.25) is 4.79 Å². The predicted octanol–water partition coefficient (Wildman–Crippen LogP) is 4.70. The van der Waals surface area contributed by atoms with Crippen molar-refractivity contribution >= 4 is 17.4 Å². The molecule has 0 bridgehead atoms. The van der Waals surface area contributed by atoms with Gasteiger partial charge < -0.3 is 0 Å². The Kier molecular flexibility index (Phi) is 3.82. The molecule has 3 nitrogen and oxygen atoms in total. The van der Waals surface area contributed by atoms with E-state index in [4.69, 9.17) is 11.6 Å². The third kappa shape index (κ3) is 2.55. The minimum Gasteiger partial charge on any atom is -0.295 e. The second-order valence-electron chi connectivity index (χ2n) is 5.13. The Morgan fingerprint density at radius 3 is 2.27 bits per heavy atom. The van der Waals surface area contributed by atoms with Crippen molar-refractivity contribution in [3.05, 3.63) is 71.0 Å². The molecule has 0 spiro atoms. The van der Waals surface area contributed by atoms with Gasteiger partial charge >= 0.3 is 0 Å². The molecule has 3 aromatic rings. The molecule has 22 heavy (non-hydrogen) atoms. The van der Waals surface area contributed by atoms with Gasteiger partial charge in [-0.25, -0.2) is 4.68 Å². The number of rotatable bonds is 3. The lowest BCUT2D eigenvalue weighted by Crippen LogP contribution is -1.95. The van der Waals surface area contributed by atoms with Crippen LogP contribution in [0, 0.1) is 6.92 Å². The number of hydrogen-bond acceptors (Lipinski definition) is 2. The second-order valence-corrected chi connectivity index (χ2v) is 5.49. The number of ketones is 1. The van der Waals surface area contributed by atoms with E-state index < -0.39 is 0 Å². The number of para-hydroxylation sites is 1. The number of carbonyl (C=O) groups excluding carboxylic acids is 1. The highest BCUT2D eigenvalue weighted by atomic mass is 35.5. The summed E-state index contributed by atoms with van der Waals surface area (Å²) in [6.45, 7) is 3.49. The van der Waals surface area contributed by atoms with Crippen LogP contribution in [0.15, 0.2) is 54.6 Å². The maximum absolute atomic E-state index is 11.4. The molecule has 3 rings (SSSR count). The molecular weight excluding hydrogens is 296 g/mol. The molecule has 0 saturated carbocycles.